The number of piperazine rings is 1. The van der Waals surface area contributed by atoms with E-state index < -0.39 is 10.1 Å². The first kappa shape index (κ1) is 20.7. The van der Waals surface area contributed by atoms with E-state index in [2.05, 4.69) is 17.1 Å². The second-order valence-corrected chi connectivity index (χ2v) is 9.25. The number of benzene rings is 2. The van der Waals surface area contributed by atoms with Crippen LogP contribution in [0.15, 0.2) is 52.0 Å². The zero-order valence-electron chi connectivity index (χ0n) is 17.3. The summed E-state index contributed by atoms with van der Waals surface area (Å²) in [6.45, 7) is 7.28. The lowest BCUT2D eigenvalue weighted by atomic mass is 10.1. The van der Waals surface area contributed by atoms with Crippen molar-refractivity contribution in [2.75, 3.05) is 26.7 Å². The molecular weight excluding hydrogens is 404 g/mol. The minimum Gasteiger partial charge on any atom is -0.493 e. The average molecular weight is 431 g/mol. The standard InChI is InChI=1S/C22H26N2O5S/c1-15-4-5-20(27-3)21(10-15)29-30(25,26)19-11-17-6-9-28-22(17)18(12-19)14-24-8-7-23-16(2)13-24/h4-6,9-12,16,23H,7-8,13-14H2,1-3H3. The summed E-state index contributed by atoms with van der Waals surface area (Å²) in [7, 11) is -2.58. The normalized spacial score (nSPS) is 17.9. The zero-order valence-corrected chi connectivity index (χ0v) is 18.2. The van der Waals surface area contributed by atoms with E-state index in [4.69, 9.17) is 13.3 Å². The third-order valence-corrected chi connectivity index (χ3v) is 6.47. The van der Waals surface area contributed by atoms with Crippen LogP contribution in [-0.4, -0.2) is 46.1 Å². The Morgan fingerprint density at radius 1 is 1.20 bits per heavy atom. The minimum absolute atomic E-state index is 0.0955. The average Bonchev–Trinajstić information content (AvgIpc) is 3.17. The molecule has 0 spiro atoms. The summed E-state index contributed by atoms with van der Waals surface area (Å²) in [4.78, 5) is 2.39. The molecule has 1 saturated heterocycles. The molecule has 7 nitrogen and oxygen atoms in total. The molecule has 2 aromatic carbocycles. The quantitative estimate of drug-likeness (QED) is 0.601. The molecule has 1 unspecified atom stereocenters. The molecule has 4 rings (SSSR count). The van der Waals surface area contributed by atoms with Gasteiger partial charge in [-0.2, -0.15) is 8.42 Å². The van der Waals surface area contributed by atoms with Crippen LogP contribution in [0.5, 0.6) is 11.5 Å². The van der Waals surface area contributed by atoms with Gasteiger partial charge in [0.15, 0.2) is 11.5 Å². The number of nitrogens with zero attached hydrogens (tertiary/aromatic N) is 1. The predicted octanol–water partition coefficient (Wildman–Crippen LogP) is 3.31. The van der Waals surface area contributed by atoms with Gasteiger partial charge in [0.25, 0.3) is 0 Å². The summed E-state index contributed by atoms with van der Waals surface area (Å²) in [5.41, 5.74) is 2.40. The fraction of sp³-hybridized carbons (Fsp3) is 0.364. The van der Waals surface area contributed by atoms with Crippen LogP contribution >= 0.6 is 0 Å². The Kier molecular flexibility index (Phi) is 5.73. The molecule has 0 saturated carbocycles. The number of nitrogens with one attached hydrogen (secondary N) is 1. The fourth-order valence-electron chi connectivity index (χ4n) is 3.80. The Hall–Kier alpha value is -2.55. The van der Waals surface area contributed by atoms with E-state index in [-0.39, 0.29) is 10.6 Å². The highest BCUT2D eigenvalue weighted by Gasteiger charge is 2.24. The van der Waals surface area contributed by atoms with Crippen LogP contribution in [0.1, 0.15) is 18.1 Å². The summed E-state index contributed by atoms with van der Waals surface area (Å²) in [6.07, 6.45) is 1.58. The summed E-state index contributed by atoms with van der Waals surface area (Å²) in [5.74, 6) is 0.533. The van der Waals surface area contributed by atoms with Crippen molar-refractivity contribution < 1.29 is 21.8 Å². The first-order valence-corrected chi connectivity index (χ1v) is 11.3. The first-order chi connectivity index (χ1) is 14.4. The molecule has 1 aliphatic heterocycles. The summed E-state index contributed by atoms with van der Waals surface area (Å²) >= 11 is 0. The number of aryl methyl sites for hydroxylation is 1. The lowest BCUT2D eigenvalue weighted by Crippen LogP contribution is -2.48. The molecular formula is C22H26N2O5S. The van der Waals surface area contributed by atoms with Crippen molar-refractivity contribution in [1.82, 2.24) is 10.2 Å². The molecule has 1 fully saturated rings. The van der Waals surface area contributed by atoms with Gasteiger partial charge < -0.3 is 18.7 Å². The lowest BCUT2D eigenvalue weighted by molar-refractivity contribution is 0.199. The third kappa shape index (κ3) is 4.30. The number of furan rings is 1. The van der Waals surface area contributed by atoms with Gasteiger partial charge in [-0.05, 0) is 49.7 Å². The Bertz CT molecular complexity index is 1160. The number of ether oxygens (including phenoxy) is 1. The van der Waals surface area contributed by atoms with E-state index >= 15 is 0 Å². The topological polar surface area (TPSA) is 81.0 Å². The minimum atomic E-state index is -4.06. The monoisotopic (exact) mass is 430 g/mol. The largest absolute Gasteiger partial charge is 0.493 e. The number of hydrogen-bond donors (Lipinski definition) is 1. The van der Waals surface area contributed by atoms with Gasteiger partial charge in [0, 0.05) is 43.2 Å². The molecule has 0 bridgehead atoms. The highest BCUT2D eigenvalue weighted by molar-refractivity contribution is 7.87. The first-order valence-electron chi connectivity index (χ1n) is 9.91. The Labute approximate surface area is 176 Å². The van der Waals surface area contributed by atoms with Gasteiger partial charge in [0.2, 0.25) is 0 Å². The van der Waals surface area contributed by atoms with E-state index in [1.165, 1.54) is 7.11 Å². The Morgan fingerprint density at radius 2 is 2.03 bits per heavy atom. The van der Waals surface area contributed by atoms with Crippen LogP contribution < -0.4 is 14.2 Å². The van der Waals surface area contributed by atoms with E-state index in [1.54, 1.807) is 36.6 Å². The van der Waals surface area contributed by atoms with E-state index in [0.717, 1.165) is 36.1 Å². The Balaban J connectivity index is 1.69. The zero-order chi connectivity index (χ0) is 21.3. The molecule has 3 aromatic rings. The van der Waals surface area contributed by atoms with Crippen LogP contribution in [0.4, 0.5) is 0 Å². The van der Waals surface area contributed by atoms with Crippen LogP contribution in [0.3, 0.4) is 0 Å². The summed E-state index contributed by atoms with van der Waals surface area (Å²) < 4.78 is 42.6. The molecule has 2 heterocycles. The third-order valence-electron chi connectivity index (χ3n) is 5.26. The van der Waals surface area contributed by atoms with E-state index in [1.807, 2.05) is 13.0 Å². The van der Waals surface area contributed by atoms with Crippen molar-refractivity contribution in [2.24, 2.45) is 0 Å². The van der Waals surface area contributed by atoms with Gasteiger partial charge in [-0.3, -0.25) is 4.90 Å². The molecule has 30 heavy (non-hydrogen) atoms. The molecule has 8 heteroatoms. The van der Waals surface area contributed by atoms with Gasteiger partial charge >= 0.3 is 10.1 Å². The van der Waals surface area contributed by atoms with Crippen LogP contribution in [-0.2, 0) is 16.7 Å². The lowest BCUT2D eigenvalue weighted by Gasteiger charge is -2.31. The van der Waals surface area contributed by atoms with Crippen molar-refractivity contribution >= 4 is 21.1 Å². The smallest absolute Gasteiger partial charge is 0.339 e. The van der Waals surface area contributed by atoms with Gasteiger partial charge in [-0.25, -0.2) is 0 Å². The molecule has 1 aliphatic rings. The van der Waals surface area contributed by atoms with Crippen LogP contribution in [0.2, 0.25) is 0 Å². The SMILES string of the molecule is COc1ccc(C)cc1OS(=O)(=O)c1cc(CN2CCNC(C)C2)c2occc2c1. The Morgan fingerprint density at radius 3 is 2.80 bits per heavy atom. The van der Waals surface area contributed by atoms with Crippen molar-refractivity contribution in [3.8, 4) is 11.5 Å². The molecule has 1 aromatic heterocycles. The highest BCUT2D eigenvalue weighted by atomic mass is 32.2. The molecule has 1 atom stereocenters. The van der Waals surface area contributed by atoms with Crippen molar-refractivity contribution in [3.05, 3.63) is 53.8 Å². The maximum Gasteiger partial charge on any atom is 0.339 e. The van der Waals surface area contributed by atoms with Crippen LogP contribution in [0, 0.1) is 6.92 Å². The molecule has 1 N–H and O–H groups in total. The van der Waals surface area contributed by atoms with Crippen molar-refractivity contribution in [2.45, 2.75) is 31.3 Å². The second-order valence-electron chi connectivity index (χ2n) is 7.70. The second kappa shape index (κ2) is 8.29. The fourth-order valence-corrected chi connectivity index (χ4v) is 4.82. The number of hydrogen-bond acceptors (Lipinski definition) is 7. The van der Waals surface area contributed by atoms with Crippen LogP contribution in [0.25, 0.3) is 11.0 Å². The maximum atomic E-state index is 13.1. The van der Waals surface area contributed by atoms with E-state index in [9.17, 15) is 8.42 Å². The molecule has 0 radical (unpaired) electrons. The molecule has 160 valence electrons. The van der Waals surface area contributed by atoms with Gasteiger partial charge in [-0.15, -0.1) is 0 Å². The maximum absolute atomic E-state index is 13.1. The number of rotatable bonds is 6. The molecule has 0 amide bonds. The predicted molar refractivity (Wildman–Crippen MR) is 115 cm³/mol. The highest BCUT2D eigenvalue weighted by Crippen LogP contribution is 2.32. The van der Waals surface area contributed by atoms with Gasteiger partial charge in [0.05, 0.1) is 13.4 Å². The van der Waals surface area contributed by atoms with Gasteiger partial charge in [-0.1, -0.05) is 6.07 Å². The number of methoxy groups -OCH3 is 1. The summed E-state index contributed by atoms with van der Waals surface area (Å²) in [6, 6.07) is 10.6. The summed E-state index contributed by atoms with van der Waals surface area (Å²) in [5, 5.41) is 4.15. The molecule has 0 aliphatic carbocycles. The van der Waals surface area contributed by atoms with Gasteiger partial charge in [0.1, 0.15) is 10.5 Å². The van der Waals surface area contributed by atoms with E-state index in [0.29, 0.717) is 23.9 Å². The van der Waals surface area contributed by atoms with Crippen molar-refractivity contribution in [1.29, 1.82) is 0 Å². The number of fused-ring (bicyclic) bond motifs is 1. The van der Waals surface area contributed by atoms with Crippen molar-refractivity contribution in [3.63, 3.8) is 0 Å².